The van der Waals surface area contributed by atoms with Crippen LogP contribution >= 0.6 is 11.3 Å². The maximum absolute atomic E-state index is 12.3. The van der Waals surface area contributed by atoms with E-state index in [0.29, 0.717) is 13.0 Å². The molecular weight excluding hydrogens is 350 g/mol. The Bertz CT molecular complexity index is 776. The molecule has 0 bridgehead atoms. The summed E-state index contributed by atoms with van der Waals surface area (Å²) >= 11 is 0.740. The van der Waals surface area contributed by atoms with Gasteiger partial charge in [-0.1, -0.05) is 19.1 Å². The van der Waals surface area contributed by atoms with Gasteiger partial charge in [-0.3, -0.25) is 20.2 Å². The van der Waals surface area contributed by atoms with E-state index in [2.05, 4.69) is 10.3 Å². The number of aromatic nitrogens is 1. The van der Waals surface area contributed by atoms with Gasteiger partial charge in [0, 0.05) is 0 Å². The largest absolute Gasteiger partial charge is 0.481 e. The number of amides is 1. The standard InChI is InChI=1S/C15H15N3O6S/c1-2-7-23-13(19)9-24-11-6-4-3-5-10(11)14(20)17-15-16-8-12(25-15)18(21)22/h3-6,8H,2,7,9H2,1H3,(H,16,17,20). The number of nitrogens with zero attached hydrogens (tertiary/aromatic N) is 2. The Labute approximate surface area is 146 Å². The van der Waals surface area contributed by atoms with Gasteiger partial charge in [0.2, 0.25) is 0 Å². The molecule has 0 spiro atoms. The number of carbonyl (C=O) groups excluding carboxylic acids is 2. The molecule has 0 aliphatic rings. The molecule has 2 rings (SSSR count). The molecule has 10 heteroatoms. The highest BCUT2D eigenvalue weighted by Gasteiger charge is 2.17. The molecule has 0 saturated heterocycles. The minimum absolute atomic E-state index is 0.0915. The number of thiazole rings is 1. The van der Waals surface area contributed by atoms with Crippen molar-refractivity contribution in [1.82, 2.24) is 4.98 Å². The molecule has 0 aliphatic heterocycles. The molecule has 2 aromatic rings. The fraction of sp³-hybridized carbons (Fsp3) is 0.267. The lowest BCUT2D eigenvalue weighted by Crippen LogP contribution is -2.18. The Balaban J connectivity index is 2.04. The summed E-state index contributed by atoms with van der Waals surface area (Å²) in [6.07, 6.45) is 1.76. The number of benzene rings is 1. The highest BCUT2D eigenvalue weighted by molar-refractivity contribution is 7.18. The maximum Gasteiger partial charge on any atom is 0.345 e. The molecule has 1 amide bonds. The fourth-order valence-electron chi connectivity index (χ4n) is 1.75. The zero-order valence-corrected chi connectivity index (χ0v) is 14.1. The van der Waals surface area contributed by atoms with Crippen molar-refractivity contribution in [1.29, 1.82) is 0 Å². The first kappa shape index (κ1) is 18.3. The zero-order valence-electron chi connectivity index (χ0n) is 13.3. The summed E-state index contributed by atoms with van der Waals surface area (Å²) in [5.41, 5.74) is 0.170. The van der Waals surface area contributed by atoms with E-state index in [4.69, 9.17) is 9.47 Å². The molecular formula is C15H15N3O6S. The van der Waals surface area contributed by atoms with Gasteiger partial charge in [0.15, 0.2) is 11.7 Å². The van der Waals surface area contributed by atoms with Crippen LogP contribution in [0.1, 0.15) is 23.7 Å². The minimum Gasteiger partial charge on any atom is -0.481 e. The summed E-state index contributed by atoms with van der Waals surface area (Å²) < 4.78 is 10.2. The molecule has 0 radical (unpaired) electrons. The third-order valence-electron chi connectivity index (χ3n) is 2.84. The van der Waals surface area contributed by atoms with E-state index in [1.807, 2.05) is 6.92 Å². The molecule has 9 nitrogen and oxygen atoms in total. The zero-order chi connectivity index (χ0) is 18.2. The summed E-state index contributed by atoms with van der Waals surface area (Å²) in [6, 6.07) is 6.32. The molecule has 1 heterocycles. The Morgan fingerprint density at radius 3 is 2.80 bits per heavy atom. The van der Waals surface area contributed by atoms with E-state index in [1.54, 1.807) is 12.1 Å². The van der Waals surface area contributed by atoms with Crippen molar-refractivity contribution >= 4 is 33.3 Å². The molecule has 0 unspecified atom stereocenters. The van der Waals surface area contributed by atoms with Crippen LogP contribution in [0.3, 0.4) is 0 Å². The highest BCUT2D eigenvalue weighted by atomic mass is 32.1. The van der Waals surface area contributed by atoms with Crippen molar-refractivity contribution in [3.05, 3.63) is 46.1 Å². The number of para-hydroxylation sites is 1. The summed E-state index contributed by atoms with van der Waals surface area (Å²) in [5, 5.41) is 13.0. The number of carbonyl (C=O) groups is 2. The molecule has 0 atom stereocenters. The first-order valence-electron chi connectivity index (χ1n) is 7.30. The lowest BCUT2D eigenvalue weighted by molar-refractivity contribution is -0.380. The number of ether oxygens (including phenoxy) is 2. The predicted octanol–water partition coefficient (Wildman–Crippen LogP) is 2.64. The van der Waals surface area contributed by atoms with Crippen LogP contribution in [0.2, 0.25) is 0 Å². The topological polar surface area (TPSA) is 121 Å². The van der Waals surface area contributed by atoms with Gasteiger partial charge < -0.3 is 9.47 Å². The predicted molar refractivity (Wildman–Crippen MR) is 89.9 cm³/mol. The lowest BCUT2D eigenvalue weighted by Gasteiger charge is -2.10. The van der Waals surface area contributed by atoms with Crippen molar-refractivity contribution in [3.63, 3.8) is 0 Å². The number of anilines is 1. The van der Waals surface area contributed by atoms with E-state index in [0.717, 1.165) is 17.5 Å². The number of rotatable bonds is 8. The Hall–Kier alpha value is -3.01. The molecule has 132 valence electrons. The summed E-state index contributed by atoms with van der Waals surface area (Å²) in [7, 11) is 0. The second-order valence-electron chi connectivity index (χ2n) is 4.72. The Morgan fingerprint density at radius 2 is 2.12 bits per heavy atom. The number of esters is 1. The van der Waals surface area contributed by atoms with Crippen molar-refractivity contribution < 1.29 is 24.0 Å². The van der Waals surface area contributed by atoms with E-state index < -0.39 is 16.8 Å². The van der Waals surface area contributed by atoms with Gasteiger partial charge in [-0.25, -0.2) is 9.78 Å². The van der Waals surface area contributed by atoms with Crippen LogP contribution in [0, 0.1) is 10.1 Å². The van der Waals surface area contributed by atoms with Crippen LogP contribution < -0.4 is 10.1 Å². The summed E-state index contributed by atoms with van der Waals surface area (Å²) in [5.74, 6) is -0.895. The van der Waals surface area contributed by atoms with Crippen LogP contribution in [0.25, 0.3) is 0 Å². The van der Waals surface area contributed by atoms with E-state index >= 15 is 0 Å². The van der Waals surface area contributed by atoms with Gasteiger partial charge in [-0.2, -0.15) is 0 Å². The Morgan fingerprint density at radius 1 is 1.36 bits per heavy atom. The SMILES string of the molecule is CCCOC(=O)COc1ccccc1C(=O)Nc1ncc([N+](=O)[O-])s1. The molecule has 1 N–H and O–H groups in total. The fourth-order valence-corrected chi connectivity index (χ4v) is 2.37. The van der Waals surface area contributed by atoms with Crippen LogP contribution in [0.15, 0.2) is 30.5 Å². The molecule has 0 saturated carbocycles. The molecule has 1 aromatic carbocycles. The normalized spacial score (nSPS) is 10.1. The smallest absolute Gasteiger partial charge is 0.345 e. The van der Waals surface area contributed by atoms with Crippen molar-refractivity contribution in [2.24, 2.45) is 0 Å². The van der Waals surface area contributed by atoms with Crippen molar-refractivity contribution in [2.45, 2.75) is 13.3 Å². The van der Waals surface area contributed by atoms with Crippen LogP contribution in [0.5, 0.6) is 5.75 Å². The average molecular weight is 365 g/mol. The maximum atomic E-state index is 12.3. The number of hydrogen-bond acceptors (Lipinski definition) is 8. The quantitative estimate of drug-likeness (QED) is 0.433. The average Bonchev–Trinajstić information content (AvgIpc) is 3.07. The van der Waals surface area contributed by atoms with Crippen LogP contribution in [0.4, 0.5) is 10.1 Å². The summed E-state index contributed by atoms with van der Waals surface area (Å²) in [6.45, 7) is 1.84. The number of nitro groups is 1. The second-order valence-corrected chi connectivity index (χ2v) is 5.73. The number of nitrogens with one attached hydrogen (secondary N) is 1. The lowest BCUT2D eigenvalue weighted by atomic mass is 10.2. The molecule has 25 heavy (non-hydrogen) atoms. The van der Waals surface area contributed by atoms with Gasteiger partial charge >= 0.3 is 11.0 Å². The van der Waals surface area contributed by atoms with E-state index in [9.17, 15) is 19.7 Å². The van der Waals surface area contributed by atoms with Gasteiger partial charge in [-0.15, -0.1) is 0 Å². The molecule has 0 aliphatic carbocycles. The van der Waals surface area contributed by atoms with Crippen molar-refractivity contribution in [2.75, 3.05) is 18.5 Å². The highest BCUT2D eigenvalue weighted by Crippen LogP contribution is 2.26. The van der Waals surface area contributed by atoms with E-state index in [-0.39, 0.29) is 28.1 Å². The van der Waals surface area contributed by atoms with Gasteiger partial charge in [0.1, 0.15) is 11.9 Å². The van der Waals surface area contributed by atoms with Gasteiger partial charge in [0.25, 0.3) is 5.91 Å². The first-order chi connectivity index (χ1) is 12.0. The molecule has 1 aromatic heterocycles. The van der Waals surface area contributed by atoms with Crippen LogP contribution in [-0.4, -0.2) is 35.0 Å². The first-order valence-corrected chi connectivity index (χ1v) is 8.12. The van der Waals surface area contributed by atoms with Gasteiger partial charge in [0.05, 0.1) is 17.1 Å². The Kier molecular flexibility index (Phi) is 6.40. The monoisotopic (exact) mass is 365 g/mol. The second kappa shape index (κ2) is 8.73. The number of hydrogen-bond donors (Lipinski definition) is 1. The van der Waals surface area contributed by atoms with Crippen molar-refractivity contribution in [3.8, 4) is 5.75 Å². The minimum atomic E-state index is -0.591. The third-order valence-corrected chi connectivity index (χ3v) is 3.70. The van der Waals surface area contributed by atoms with Crippen LogP contribution in [-0.2, 0) is 9.53 Å². The summed E-state index contributed by atoms with van der Waals surface area (Å²) in [4.78, 5) is 37.6. The molecule has 0 fully saturated rings. The third kappa shape index (κ3) is 5.24. The van der Waals surface area contributed by atoms with Gasteiger partial charge in [-0.05, 0) is 29.9 Å². The van der Waals surface area contributed by atoms with E-state index in [1.165, 1.54) is 12.1 Å².